The van der Waals surface area contributed by atoms with Gasteiger partial charge in [-0.25, -0.2) is 0 Å². The molecule has 2 rings (SSSR count). The van der Waals surface area contributed by atoms with Crippen molar-refractivity contribution in [3.05, 3.63) is 24.4 Å². The van der Waals surface area contributed by atoms with E-state index in [1.54, 1.807) is 13.3 Å². The minimum atomic E-state index is 0.0852. The summed E-state index contributed by atoms with van der Waals surface area (Å²) in [5.74, 6) is 1.37. The van der Waals surface area contributed by atoms with Crippen LogP contribution in [-0.2, 0) is 0 Å². The van der Waals surface area contributed by atoms with Crippen molar-refractivity contribution in [3.8, 4) is 11.6 Å². The Balaban J connectivity index is 2.51. The second kappa shape index (κ2) is 4.35. The highest BCUT2D eigenvalue weighted by Crippen LogP contribution is 2.26. The van der Waals surface area contributed by atoms with Gasteiger partial charge in [-0.2, -0.15) is 5.10 Å². The normalized spacial score (nSPS) is 10.8. The van der Waals surface area contributed by atoms with Crippen molar-refractivity contribution in [2.75, 3.05) is 7.11 Å². The van der Waals surface area contributed by atoms with Crippen LogP contribution in [0.5, 0.6) is 11.6 Å². The number of ether oxygens (including phenoxy) is 2. The van der Waals surface area contributed by atoms with Crippen LogP contribution in [0.1, 0.15) is 13.8 Å². The fraction of sp³-hybridized carbons (Fsp3) is 0.333. The maximum atomic E-state index is 5.59. The molecule has 0 fully saturated rings. The standard InChI is InChI=1S/C12H14N2O2/c1-8(2)16-12-11-5-4-10(15-3)6-9(11)7-13-14-12/h4-8H,1-3H3. The van der Waals surface area contributed by atoms with Crippen molar-refractivity contribution in [2.45, 2.75) is 20.0 Å². The minimum Gasteiger partial charge on any atom is -0.497 e. The highest BCUT2D eigenvalue weighted by molar-refractivity contribution is 5.87. The molecule has 1 heterocycles. The van der Waals surface area contributed by atoms with Gasteiger partial charge in [-0.1, -0.05) is 0 Å². The van der Waals surface area contributed by atoms with E-state index in [-0.39, 0.29) is 6.10 Å². The molecule has 4 heteroatoms. The van der Waals surface area contributed by atoms with Crippen LogP contribution in [0.3, 0.4) is 0 Å². The van der Waals surface area contributed by atoms with E-state index in [1.165, 1.54) is 0 Å². The number of nitrogens with zero attached hydrogens (tertiary/aromatic N) is 2. The Bertz CT molecular complexity index is 497. The van der Waals surface area contributed by atoms with Gasteiger partial charge in [-0.3, -0.25) is 0 Å². The van der Waals surface area contributed by atoms with Gasteiger partial charge in [0.1, 0.15) is 5.75 Å². The summed E-state index contributed by atoms with van der Waals surface area (Å²) in [4.78, 5) is 0. The van der Waals surface area contributed by atoms with Gasteiger partial charge in [0.2, 0.25) is 5.88 Å². The molecular formula is C12H14N2O2. The molecule has 4 nitrogen and oxygen atoms in total. The topological polar surface area (TPSA) is 44.2 Å². The lowest BCUT2D eigenvalue weighted by molar-refractivity contribution is 0.233. The van der Waals surface area contributed by atoms with E-state index in [9.17, 15) is 0 Å². The summed E-state index contributed by atoms with van der Waals surface area (Å²) >= 11 is 0. The number of fused-ring (bicyclic) bond motifs is 1. The average molecular weight is 218 g/mol. The lowest BCUT2D eigenvalue weighted by Gasteiger charge is -2.10. The van der Waals surface area contributed by atoms with Crippen LogP contribution < -0.4 is 9.47 Å². The minimum absolute atomic E-state index is 0.0852. The molecule has 0 saturated heterocycles. The van der Waals surface area contributed by atoms with Crippen LogP contribution in [-0.4, -0.2) is 23.4 Å². The molecule has 1 aromatic heterocycles. The maximum Gasteiger partial charge on any atom is 0.241 e. The molecule has 84 valence electrons. The average Bonchev–Trinajstić information content (AvgIpc) is 2.28. The first-order valence-corrected chi connectivity index (χ1v) is 5.17. The molecule has 0 aliphatic heterocycles. The summed E-state index contributed by atoms with van der Waals surface area (Å²) in [6, 6.07) is 5.73. The molecule has 0 unspecified atom stereocenters. The Morgan fingerprint density at radius 2 is 2.06 bits per heavy atom. The molecule has 2 aromatic rings. The number of aromatic nitrogens is 2. The van der Waals surface area contributed by atoms with Crippen LogP contribution in [0.2, 0.25) is 0 Å². The third kappa shape index (κ3) is 2.05. The molecule has 0 radical (unpaired) electrons. The van der Waals surface area contributed by atoms with Crippen LogP contribution in [0.25, 0.3) is 10.8 Å². The Hall–Kier alpha value is -1.84. The highest BCUT2D eigenvalue weighted by Gasteiger charge is 2.07. The first-order valence-electron chi connectivity index (χ1n) is 5.17. The predicted octanol–water partition coefficient (Wildman–Crippen LogP) is 2.43. The fourth-order valence-electron chi connectivity index (χ4n) is 1.48. The third-order valence-electron chi connectivity index (χ3n) is 2.18. The van der Waals surface area contributed by atoms with E-state index in [0.717, 1.165) is 16.5 Å². The zero-order valence-corrected chi connectivity index (χ0v) is 9.60. The number of rotatable bonds is 3. The van der Waals surface area contributed by atoms with Crippen molar-refractivity contribution in [1.29, 1.82) is 0 Å². The predicted molar refractivity (Wildman–Crippen MR) is 61.9 cm³/mol. The van der Waals surface area contributed by atoms with Gasteiger partial charge in [0, 0.05) is 10.8 Å². The Morgan fingerprint density at radius 1 is 1.25 bits per heavy atom. The number of benzene rings is 1. The molecule has 16 heavy (non-hydrogen) atoms. The second-order valence-corrected chi connectivity index (χ2v) is 3.77. The molecule has 0 spiro atoms. The maximum absolute atomic E-state index is 5.59. The molecule has 0 aliphatic carbocycles. The smallest absolute Gasteiger partial charge is 0.241 e. The molecule has 0 N–H and O–H groups in total. The molecule has 0 amide bonds. The summed E-state index contributed by atoms with van der Waals surface area (Å²) in [6.45, 7) is 3.92. The van der Waals surface area contributed by atoms with Gasteiger partial charge < -0.3 is 9.47 Å². The van der Waals surface area contributed by atoms with Crippen molar-refractivity contribution in [2.24, 2.45) is 0 Å². The van der Waals surface area contributed by atoms with Crippen molar-refractivity contribution in [3.63, 3.8) is 0 Å². The van der Waals surface area contributed by atoms with E-state index in [0.29, 0.717) is 5.88 Å². The summed E-state index contributed by atoms with van der Waals surface area (Å²) in [5.41, 5.74) is 0. The van der Waals surface area contributed by atoms with Crippen molar-refractivity contribution < 1.29 is 9.47 Å². The summed E-state index contributed by atoms with van der Waals surface area (Å²) < 4.78 is 10.7. The van der Waals surface area contributed by atoms with Gasteiger partial charge in [-0.05, 0) is 32.0 Å². The Morgan fingerprint density at radius 3 is 2.75 bits per heavy atom. The van der Waals surface area contributed by atoms with Crippen LogP contribution >= 0.6 is 0 Å². The second-order valence-electron chi connectivity index (χ2n) is 3.77. The molecule has 0 aliphatic rings. The Kier molecular flexibility index (Phi) is 2.90. The molecule has 0 saturated carbocycles. The molecule has 1 aromatic carbocycles. The van der Waals surface area contributed by atoms with Gasteiger partial charge in [0.05, 0.1) is 19.4 Å². The van der Waals surface area contributed by atoms with E-state index < -0.39 is 0 Å². The molecule has 0 atom stereocenters. The Labute approximate surface area is 94.2 Å². The number of hydrogen-bond donors (Lipinski definition) is 0. The van der Waals surface area contributed by atoms with Gasteiger partial charge in [0.15, 0.2) is 0 Å². The number of methoxy groups -OCH3 is 1. The lowest BCUT2D eigenvalue weighted by Crippen LogP contribution is -2.07. The summed E-state index contributed by atoms with van der Waals surface area (Å²) in [7, 11) is 1.64. The first kappa shape index (κ1) is 10.7. The zero-order chi connectivity index (χ0) is 11.5. The van der Waals surface area contributed by atoms with Gasteiger partial charge in [0.25, 0.3) is 0 Å². The molecular weight excluding hydrogens is 204 g/mol. The van der Waals surface area contributed by atoms with E-state index in [1.807, 2.05) is 32.0 Å². The van der Waals surface area contributed by atoms with Gasteiger partial charge in [-0.15, -0.1) is 5.10 Å². The lowest BCUT2D eigenvalue weighted by atomic mass is 10.2. The van der Waals surface area contributed by atoms with Gasteiger partial charge >= 0.3 is 0 Å². The third-order valence-corrected chi connectivity index (χ3v) is 2.18. The fourth-order valence-corrected chi connectivity index (χ4v) is 1.48. The van der Waals surface area contributed by atoms with Crippen LogP contribution in [0.4, 0.5) is 0 Å². The van der Waals surface area contributed by atoms with E-state index in [4.69, 9.17) is 9.47 Å². The largest absolute Gasteiger partial charge is 0.497 e. The van der Waals surface area contributed by atoms with Crippen LogP contribution in [0, 0.1) is 0 Å². The number of hydrogen-bond acceptors (Lipinski definition) is 4. The quantitative estimate of drug-likeness (QED) is 0.793. The molecule has 0 bridgehead atoms. The zero-order valence-electron chi connectivity index (χ0n) is 9.60. The first-order chi connectivity index (χ1) is 7.70. The van der Waals surface area contributed by atoms with Crippen molar-refractivity contribution in [1.82, 2.24) is 10.2 Å². The van der Waals surface area contributed by atoms with Crippen LogP contribution in [0.15, 0.2) is 24.4 Å². The highest BCUT2D eigenvalue weighted by atomic mass is 16.5. The summed E-state index contributed by atoms with van der Waals surface area (Å²) in [6.07, 6.45) is 1.78. The van der Waals surface area contributed by atoms with E-state index >= 15 is 0 Å². The summed E-state index contributed by atoms with van der Waals surface area (Å²) in [5, 5.41) is 9.81. The van der Waals surface area contributed by atoms with Crippen molar-refractivity contribution >= 4 is 10.8 Å². The SMILES string of the molecule is COc1ccc2c(OC(C)C)nncc2c1. The van der Waals surface area contributed by atoms with E-state index in [2.05, 4.69) is 10.2 Å². The monoisotopic (exact) mass is 218 g/mol.